The molecule has 0 heterocycles. The largest absolute Gasteiger partial charge is 0.416 e. The van der Waals surface area contributed by atoms with E-state index in [2.05, 4.69) is 0 Å². The predicted molar refractivity (Wildman–Crippen MR) is 88.1 cm³/mol. The average molecular weight is 328 g/mol. The van der Waals surface area contributed by atoms with E-state index in [1.54, 1.807) is 17.8 Å². The zero-order chi connectivity index (χ0) is 16.0. The van der Waals surface area contributed by atoms with Gasteiger partial charge in [0, 0.05) is 10.6 Å². The highest BCUT2D eigenvalue weighted by Crippen LogP contribution is 2.35. The van der Waals surface area contributed by atoms with Gasteiger partial charge in [0.15, 0.2) is 0 Å². The van der Waals surface area contributed by atoms with Crippen LogP contribution in [0.5, 0.6) is 0 Å². The van der Waals surface area contributed by atoms with Crippen molar-refractivity contribution in [2.75, 3.05) is 5.75 Å². The smallest absolute Gasteiger partial charge is 0.166 e. The number of rotatable bonds is 5. The molecule has 0 bridgehead atoms. The van der Waals surface area contributed by atoms with E-state index in [0.29, 0.717) is 11.5 Å². The Bertz CT molecular complexity index is 500. The molecule has 0 aliphatic heterocycles. The molecule has 0 aromatic heterocycles. The van der Waals surface area contributed by atoms with E-state index in [1.165, 1.54) is 44.2 Å². The van der Waals surface area contributed by atoms with Gasteiger partial charge in [-0.3, -0.25) is 0 Å². The van der Waals surface area contributed by atoms with Gasteiger partial charge in [-0.15, -0.1) is 11.8 Å². The standard InChI is InChI=1S/C18H23F3S/c1-2-3-7-15-10-16(18(19,20)21)12-17(11-15)22-13-14-8-5-4-6-9-14/h3,7,10-12,14H,2,4-6,8-9,13H2,1H3. The number of halogens is 3. The molecule has 0 radical (unpaired) electrons. The number of hydrogen-bond acceptors (Lipinski definition) is 1. The van der Waals surface area contributed by atoms with Gasteiger partial charge in [0.25, 0.3) is 0 Å². The molecule has 4 heteroatoms. The molecule has 0 atom stereocenters. The molecule has 0 saturated heterocycles. The summed E-state index contributed by atoms with van der Waals surface area (Å²) in [7, 11) is 0. The molecule has 1 aromatic rings. The summed E-state index contributed by atoms with van der Waals surface area (Å²) >= 11 is 1.57. The lowest BCUT2D eigenvalue weighted by Gasteiger charge is -2.21. The van der Waals surface area contributed by atoms with Crippen LogP contribution in [0.1, 0.15) is 56.6 Å². The minimum absolute atomic E-state index is 0.545. The van der Waals surface area contributed by atoms with Gasteiger partial charge in [-0.1, -0.05) is 38.3 Å². The first-order valence-corrected chi connectivity index (χ1v) is 8.99. The second-order valence-corrected chi connectivity index (χ2v) is 7.01. The molecule has 122 valence electrons. The summed E-state index contributed by atoms with van der Waals surface area (Å²) in [5.41, 5.74) is 0.0970. The van der Waals surface area contributed by atoms with Crippen LogP contribution >= 0.6 is 11.8 Å². The summed E-state index contributed by atoms with van der Waals surface area (Å²) in [5.74, 6) is 1.58. The lowest BCUT2D eigenvalue weighted by molar-refractivity contribution is -0.137. The van der Waals surface area contributed by atoms with E-state index in [0.717, 1.165) is 17.1 Å². The molecule has 1 saturated carbocycles. The van der Waals surface area contributed by atoms with E-state index < -0.39 is 11.7 Å². The highest BCUT2D eigenvalue weighted by molar-refractivity contribution is 7.99. The number of benzene rings is 1. The Balaban J connectivity index is 2.12. The Hall–Kier alpha value is -0.900. The van der Waals surface area contributed by atoms with Gasteiger partial charge in [-0.05, 0) is 48.9 Å². The molecule has 0 spiro atoms. The molecular weight excluding hydrogens is 305 g/mol. The van der Waals surface area contributed by atoms with Gasteiger partial charge in [0.2, 0.25) is 0 Å². The number of alkyl halides is 3. The zero-order valence-corrected chi connectivity index (χ0v) is 13.8. The van der Waals surface area contributed by atoms with E-state index in [9.17, 15) is 13.2 Å². The van der Waals surface area contributed by atoms with E-state index in [1.807, 2.05) is 19.1 Å². The van der Waals surface area contributed by atoms with E-state index in [-0.39, 0.29) is 0 Å². The van der Waals surface area contributed by atoms with Crippen molar-refractivity contribution in [1.82, 2.24) is 0 Å². The van der Waals surface area contributed by atoms with Crippen molar-refractivity contribution >= 4 is 17.8 Å². The van der Waals surface area contributed by atoms with Gasteiger partial charge < -0.3 is 0 Å². The monoisotopic (exact) mass is 328 g/mol. The molecule has 0 N–H and O–H groups in total. The van der Waals surface area contributed by atoms with Gasteiger partial charge >= 0.3 is 6.18 Å². The molecule has 22 heavy (non-hydrogen) atoms. The summed E-state index contributed by atoms with van der Waals surface area (Å²) < 4.78 is 39.1. The van der Waals surface area contributed by atoms with Crippen molar-refractivity contribution in [3.63, 3.8) is 0 Å². The molecule has 2 rings (SSSR count). The Morgan fingerprint density at radius 3 is 2.50 bits per heavy atom. The highest BCUT2D eigenvalue weighted by atomic mass is 32.2. The fourth-order valence-corrected chi connectivity index (χ4v) is 3.98. The van der Waals surface area contributed by atoms with Gasteiger partial charge in [-0.25, -0.2) is 0 Å². The van der Waals surface area contributed by atoms with Crippen LogP contribution in [0.2, 0.25) is 0 Å². The Morgan fingerprint density at radius 1 is 1.14 bits per heavy atom. The normalized spacial score (nSPS) is 17.3. The highest BCUT2D eigenvalue weighted by Gasteiger charge is 2.31. The zero-order valence-electron chi connectivity index (χ0n) is 13.0. The van der Waals surface area contributed by atoms with Crippen molar-refractivity contribution in [3.8, 4) is 0 Å². The van der Waals surface area contributed by atoms with Crippen LogP contribution < -0.4 is 0 Å². The molecule has 0 unspecified atom stereocenters. The maximum atomic E-state index is 13.0. The molecule has 1 aliphatic carbocycles. The van der Waals surface area contributed by atoms with Crippen LogP contribution in [0.4, 0.5) is 13.2 Å². The first-order chi connectivity index (χ1) is 10.5. The summed E-state index contributed by atoms with van der Waals surface area (Å²) in [5, 5.41) is 0. The summed E-state index contributed by atoms with van der Waals surface area (Å²) in [6.07, 6.45) is 6.47. The molecule has 1 aliphatic rings. The van der Waals surface area contributed by atoms with Crippen molar-refractivity contribution in [2.24, 2.45) is 5.92 Å². The van der Waals surface area contributed by atoms with Crippen LogP contribution in [0.3, 0.4) is 0 Å². The number of thioether (sulfide) groups is 1. The maximum Gasteiger partial charge on any atom is 0.416 e. The lowest BCUT2D eigenvalue weighted by atomic mass is 9.91. The second kappa shape index (κ2) is 8.09. The first-order valence-electron chi connectivity index (χ1n) is 8.00. The minimum Gasteiger partial charge on any atom is -0.166 e. The van der Waals surface area contributed by atoms with Crippen LogP contribution in [-0.4, -0.2) is 5.75 Å². The van der Waals surface area contributed by atoms with Crippen LogP contribution in [0, 0.1) is 5.92 Å². The van der Waals surface area contributed by atoms with Gasteiger partial charge in [-0.2, -0.15) is 13.2 Å². The summed E-state index contributed by atoms with van der Waals surface area (Å²) in [4.78, 5) is 0.733. The molecule has 0 amide bonds. The van der Waals surface area contributed by atoms with Crippen molar-refractivity contribution in [2.45, 2.75) is 56.5 Å². The SMILES string of the molecule is CCC=Cc1cc(SCC2CCCCC2)cc(C(F)(F)F)c1. The number of allylic oxidation sites excluding steroid dienone is 1. The molecular formula is C18H23F3S. The van der Waals surface area contributed by atoms with Crippen molar-refractivity contribution in [1.29, 1.82) is 0 Å². The maximum absolute atomic E-state index is 13.0. The third kappa shape index (κ3) is 5.38. The quantitative estimate of drug-likeness (QED) is 0.535. The third-order valence-corrected chi connectivity index (χ3v) is 5.22. The van der Waals surface area contributed by atoms with Crippen molar-refractivity contribution < 1.29 is 13.2 Å². The number of hydrogen-bond donors (Lipinski definition) is 0. The third-order valence-electron chi connectivity index (χ3n) is 4.01. The van der Waals surface area contributed by atoms with Crippen LogP contribution in [0.15, 0.2) is 29.2 Å². The molecule has 1 aromatic carbocycles. The fourth-order valence-electron chi connectivity index (χ4n) is 2.79. The van der Waals surface area contributed by atoms with Gasteiger partial charge in [0.05, 0.1) is 5.56 Å². The predicted octanol–water partition coefficient (Wildman–Crippen LogP) is 6.80. The Kier molecular flexibility index (Phi) is 6.42. The Morgan fingerprint density at radius 2 is 1.86 bits per heavy atom. The van der Waals surface area contributed by atoms with E-state index in [4.69, 9.17) is 0 Å². The second-order valence-electron chi connectivity index (χ2n) is 5.91. The first kappa shape index (κ1) is 17.5. The topological polar surface area (TPSA) is 0 Å². The summed E-state index contributed by atoms with van der Waals surface area (Å²) in [6.45, 7) is 1.98. The average Bonchev–Trinajstić information content (AvgIpc) is 2.51. The van der Waals surface area contributed by atoms with E-state index >= 15 is 0 Å². The van der Waals surface area contributed by atoms with Crippen LogP contribution in [0.25, 0.3) is 6.08 Å². The van der Waals surface area contributed by atoms with Crippen LogP contribution in [-0.2, 0) is 6.18 Å². The molecule has 1 fully saturated rings. The summed E-state index contributed by atoms with van der Waals surface area (Å²) in [6, 6.07) is 4.39. The lowest BCUT2D eigenvalue weighted by Crippen LogP contribution is -2.09. The minimum atomic E-state index is -4.28. The van der Waals surface area contributed by atoms with Crippen molar-refractivity contribution in [3.05, 3.63) is 35.4 Å². The fraction of sp³-hybridized carbons (Fsp3) is 0.556. The van der Waals surface area contributed by atoms with Gasteiger partial charge in [0.1, 0.15) is 0 Å². The Labute approximate surface area is 135 Å². The molecule has 0 nitrogen and oxygen atoms in total.